The summed E-state index contributed by atoms with van der Waals surface area (Å²) in [5.74, 6) is 0.953. The SMILES string of the molecule is Cc1ccc(CNCC2CC2)c(C)n1. The van der Waals surface area contributed by atoms with Crippen molar-refractivity contribution in [3.63, 3.8) is 0 Å². The molecule has 2 rings (SSSR count). The fraction of sp³-hybridized carbons (Fsp3) is 0.583. The van der Waals surface area contributed by atoms with Gasteiger partial charge in [0.2, 0.25) is 0 Å². The smallest absolute Gasteiger partial charge is 0.0420 e. The number of aryl methyl sites for hydroxylation is 2. The van der Waals surface area contributed by atoms with E-state index in [0.717, 1.165) is 23.9 Å². The topological polar surface area (TPSA) is 24.9 Å². The van der Waals surface area contributed by atoms with Crippen molar-refractivity contribution >= 4 is 0 Å². The zero-order valence-corrected chi connectivity index (χ0v) is 9.01. The van der Waals surface area contributed by atoms with Crippen LogP contribution < -0.4 is 5.32 Å². The minimum Gasteiger partial charge on any atom is -0.312 e. The van der Waals surface area contributed by atoms with E-state index in [1.165, 1.54) is 24.9 Å². The molecule has 0 radical (unpaired) electrons. The first-order valence-corrected chi connectivity index (χ1v) is 5.39. The fourth-order valence-electron chi connectivity index (χ4n) is 1.64. The van der Waals surface area contributed by atoms with Gasteiger partial charge in [0.1, 0.15) is 0 Å². The number of hydrogen-bond acceptors (Lipinski definition) is 2. The average Bonchev–Trinajstić information content (AvgIpc) is 2.92. The van der Waals surface area contributed by atoms with Gasteiger partial charge in [-0.3, -0.25) is 4.98 Å². The number of aromatic nitrogens is 1. The summed E-state index contributed by atoms with van der Waals surface area (Å²) in [4.78, 5) is 4.45. The molecule has 0 bridgehead atoms. The van der Waals surface area contributed by atoms with Crippen molar-refractivity contribution in [1.82, 2.24) is 10.3 Å². The quantitative estimate of drug-likeness (QED) is 0.787. The van der Waals surface area contributed by atoms with Crippen LogP contribution in [0.3, 0.4) is 0 Å². The van der Waals surface area contributed by atoms with Crippen molar-refractivity contribution in [2.75, 3.05) is 6.54 Å². The van der Waals surface area contributed by atoms with Crippen molar-refractivity contribution < 1.29 is 0 Å². The molecule has 0 amide bonds. The lowest BCUT2D eigenvalue weighted by atomic mass is 10.2. The number of pyridine rings is 1. The van der Waals surface area contributed by atoms with Gasteiger partial charge in [0, 0.05) is 17.9 Å². The molecule has 0 atom stereocenters. The van der Waals surface area contributed by atoms with E-state index in [2.05, 4.69) is 29.4 Å². The van der Waals surface area contributed by atoms with Gasteiger partial charge < -0.3 is 5.32 Å². The summed E-state index contributed by atoms with van der Waals surface area (Å²) < 4.78 is 0. The number of rotatable bonds is 4. The Labute approximate surface area is 85.7 Å². The van der Waals surface area contributed by atoms with Gasteiger partial charge in [0.25, 0.3) is 0 Å². The Kier molecular flexibility index (Phi) is 2.82. The second kappa shape index (κ2) is 4.09. The molecule has 0 spiro atoms. The van der Waals surface area contributed by atoms with E-state index >= 15 is 0 Å². The summed E-state index contributed by atoms with van der Waals surface area (Å²) in [6, 6.07) is 4.26. The summed E-state index contributed by atoms with van der Waals surface area (Å²) in [7, 11) is 0. The summed E-state index contributed by atoms with van der Waals surface area (Å²) in [5, 5.41) is 3.48. The van der Waals surface area contributed by atoms with Crippen LogP contribution in [-0.4, -0.2) is 11.5 Å². The molecule has 0 aromatic carbocycles. The lowest BCUT2D eigenvalue weighted by molar-refractivity contribution is 0.635. The Bertz CT molecular complexity index is 316. The fourth-order valence-corrected chi connectivity index (χ4v) is 1.64. The highest BCUT2D eigenvalue weighted by Gasteiger charge is 2.20. The molecule has 0 aliphatic heterocycles. The normalized spacial score (nSPS) is 15.9. The Morgan fingerprint density at radius 1 is 1.36 bits per heavy atom. The molecule has 1 aromatic heterocycles. The van der Waals surface area contributed by atoms with E-state index in [4.69, 9.17) is 0 Å². The van der Waals surface area contributed by atoms with Crippen molar-refractivity contribution in [3.05, 3.63) is 29.1 Å². The zero-order chi connectivity index (χ0) is 9.97. The maximum absolute atomic E-state index is 4.45. The molecule has 2 heteroatoms. The number of nitrogens with zero attached hydrogens (tertiary/aromatic N) is 1. The van der Waals surface area contributed by atoms with Crippen LogP contribution in [-0.2, 0) is 6.54 Å². The molecule has 76 valence electrons. The molecule has 1 aliphatic carbocycles. The molecule has 1 aromatic rings. The highest BCUT2D eigenvalue weighted by atomic mass is 14.9. The lowest BCUT2D eigenvalue weighted by Gasteiger charge is -2.07. The van der Waals surface area contributed by atoms with Crippen LogP contribution >= 0.6 is 0 Å². The van der Waals surface area contributed by atoms with E-state index in [1.54, 1.807) is 0 Å². The molecular weight excluding hydrogens is 172 g/mol. The van der Waals surface area contributed by atoms with E-state index in [1.807, 2.05) is 6.92 Å². The monoisotopic (exact) mass is 190 g/mol. The van der Waals surface area contributed by atoms with Gasteiger partial charge in [-0.05, 0) is 50.8 Å². The Morgan fingerprint density at radius 2 is 2.14 bits per heavy atom. The molecule has 1 heterocycles. The molecule has 0 unspecified atom stereocenters. The van der Waals surface area contributed by atoms with Crippen LogP contribution in [0.15, 0.2) is 12.1 Å². The molecule has 1 saturated carbocycles. The van der Waals surface area contributed by atoms with Crippen LogP contribution in [0.1, 0.15) is 29.8 Å². The molecule has 1 aliphatic rings. The predicted octanol–water partition coefficient (Wildman–Crippen LogP) is 2.20. The molecule has 1 N–H and O–H groups in total. The number of hydrogen-bond donors (Lipinski definition) is 1. The van der Waals surface area contributed by atoms with Crippen molar-refractivity contribution in [3.8, 4) is 0 Å². The van der Waals surface area contributed by atoms with E-state index in [0.29, 0.717) is 0 Å². The molecule has 14 heavy (non-hydrogen) atoms. The van der Waals surface area contributed by atoms with Crippen LogP contribution in [0.2, 0.25) is 0 Å². The Balaban J connectivity index is 1.87. The van der Waals surface area contributed by atoms with E-state index < -0.39 is 0 Å². The molecular formula is C12H18N2. The standard InChI is InChI=1S/C12H18N2/c1-9-3-6-12(10(2)14-9)8-13-7-11-4-5-11/h3,6,11,13H,4-5,7-8H2,1-2H3. The van der Waals surface area contributed by atoms with Crippen molar-refractivity contribution in [2.45, 2.75) is 33.2 Å². The van der Waals surface area contributed by atoms with Gasteiger partial charge in [-0.1, -0.05) is 6.07 Å². The predicted molar refractivity (Wildman–Crippen MR) is 58.1 cm³/mol. The van der Waals surface area contributed by atoms with Crippen LogP contribution in [0.5, 0.6) is 0 Å². The molecule has 1 fully saturated rings. The first-order valence-electron chi connectivity index (χ1n) is 5.39. The second-order valence-corrected chi connectivity index (χ2v) is 4.27. The maximum atomic E-state index is 4.45. The van der Waals surface area contributed by atoms with Crippen LogP contribution in [0.25, 0.3) is 0 Å². The molecule has 0 saturated heterocycles. The van der Waals surface area contributed by atoms with Gasteiger partial charge in [-0.2, -0.15) is 0 Å². The van der Waals surface area contributed by atoms with Gasteiger partial charge in [-0.15, -0.1) is 0 Å². The number of nitrogens with one attached hydrogen (secondary N) is 1. The minimum absolute atomic E-state index is 0.953. The third-order valence-electron chi connectivity index (χ3n) is 2.78. The highest BCUT2D eigenvalue weighted by molar-refractivity contribution is 5.21. The van der Waals surface area contributed by atoms with Crippen molar-refractivity contribution in [1.29, 1.82) is 0 Å². The van der Waals surface area contributed by atoms with Gasteiger partial charge in [-0.25, -0.2) is 0 Å². The van der Waals surface area contributed by atoms with Gasteiger partial charge >= 0.3 is 0 Å². The Morgan fingerprint density at radius 3 is 2.79 bits per heavy atom. The lowest BCUT2D eigenvalue weighted by Crippen LogP contribution is -2.17. The summed E-state index contributed by atoms with van der Waals surface area (Å²) in [6.45, 7) is 6.26. The summed E-state index contributed by atoms with van der Waals surface area (Å²) >= 11 is 0. The largest absolute Gasteiger partial charge is 0.312 e. The van der Waals surface area contributed by atoms with Crippen LogP contribution in [0.4, 0.5) is 0 Å². The Hall–Kier alpha value is -0.890. The van der Waals surface area contributed by atoms with Gasteiger partial charge in [0.15, 0.2) is 0 Å². The van der Waals surface area contributed by atoms with Crippen LogP contribution in [0, 0.1) is 19.8 Å². The van der Waals surface area contributed by atoms with Gasteiger partial charge in [0.05, 0.1) is 0 Å². The van der Waals surface area contributed by atoms with Crippen molar-refractivity contribution in [2.24, 2.45) is 5.92 Å². The second-order valence-electron chi connectivity index (χ2n) is 4.27. The van der Waals surface area contributed by atoms with E-state index in [-0.39, 0.29) is 0 Å². The first-order chi connectivity index (χ1) is 6.75. The third kappa shape index (κ3) is 2.55. The minimum atomic E-state index is 0.953. The maximum Gasteiger partial charge on any atom is 0.0420 e. The highest BCUT2D eigenvalue weighted by Crippen LogP contribution is 2.27. The summed E-state index contributed by atoms with van der Waals surface area (Å²) in [5.41, 5.74) is 3.60. The van der Waals surface area contributed by atoms with E-state index in [9.17, 15) is 0 Å². The summed E-state index contributed by atoms with van der Waals surface area (Å²) in [6.07, 6.45) is 2.83. The zero-order valence-electron chi connectivity index (χ0n) is 9.01. The molecule has 2 nitrogen and oxygen atoms in total. The first kappa shape index (κ1) is 9.66. The average molecular weight is 190 g/mol. The third-order valence-corrected chi connectivity index (χ3v) is 2.78.